The third-order valence-electron chi connectivity index (χ3n) is 3.76. The van der Waals surface area contributed by atoms with Crippen molar-refractivity contribution < 1.29 is 0 Å². The van der Waals surface area contributed by atoms with Crippen molar-refractivity contribution in [2.45, 2.75) is 52.2 Å². The molecule has 1 heterocycles. The predicted molar refractivity (Wildman–Crippen MR) is 86.3 cm³/mol. The van der Waals surface area contributed by atoms with Crippen LogP contribution < -0.4 is 0 Å². The number of hydrogen-bond acceptors (Lipinski definition) is 2. The Morgan fingerprint density at radius 2 is 1.80 bits per heavy atom. The van der Waals surface area contributed by atoms with Crippen molar-refractivity contribution in [1.29, 1.82) is 0 Å². The molecule has 0 radical (unpaired) electrons. The van der Waals surface area contributed by atoms with Crippen LogP contribution in [0.25, 0.3) is 11.0 Å². The molecule has 0 N–H and O–H groups in total. The first-order chi connectivity index (χ1) is 9.54. The second-order valence-corrected chi connectivity index (χ2v) is 5.99. The molecule has 0 bridgehead atoms. The van der Waals surface area contributed by atoms with Crippen LogP contribution in [0, 0.1) is 0 Å². The summed E-state index contributed by atoms with van der Waals surface area (Å²) in [5, 5.41) is 0. The van der Waals surface area contributed by atoms with Gasteiger partial charge in [0.15, 0.2) is 0 Å². The summed E-state index contributed by atoms with van der Waals surface area (Å²) >= 11 is 6.05. The molecule has 0 aliphatic heterocycles. The van der Waals surface area contributed by atoms with E-state index >= 15 is 0 Å². The van der Waals surface area contributed by atoms with Crippen molar-refractivity contribution in [3.05, 3.63) is 30.1 Å². The van der Waals surface area contributed by atoms with Crippen LogP contribution in [0.3, 0.4) is 0 Å². The molecule has 0 spiro atoms. The molecule has 0 atom stereocenters. The number of fused-ring (bicyclic) bond motifs is 1. The molecule has 1 aromatic heterocycles. The minimum absolute atomic E-state index is 0.456. The van der Waals surface area contributed by atoms with E-state index in [2.05, 4.69) is 54.3 Å². The van der Waals surface area contributed by atoms with Crippen molar-refractivity contribution in [3.63, 3.8) is 0 Å². The van der Waals surface area contributed by atoms with Crippen molar-refractivity contribution in [2.24, 2.45) is 0 Å². The maximum atomic E-state index is 6.05. The summed E-state index contributed by atoms with van der Waals surface area (Å²) in [6, 6.07) is 9.33. The first kappa shape index (κ1) is 15.3. The fraction of sp³-hybridized carbons (Fsp3) is 0.562. The highest BCUT2D eigenvalue weighted by Gasteiger charge is 2.15. The lowest BCUT2D eigenvalue weighted by atomic mass is 10.2. The van der Waals surface area contributed by atoms with Gasteiger partial charge in [-0.3, -0.25) is 4.90 Å². The van der Waals surface area contributed by atoms with E-state index in [0.717, 1.165) is 24.4 Å². The number of hydrogen-bond donors (Lipinski definition) is 0. The van der Waals surface area contributed by atoms with Crippen molar-refractivity contribution in [2.75, 3.05) is 6.54 Å². The molecule has 1 aromatic carbocycles. The molecule has 0 saturated heterocycles. The summed E-state index contributed by atoms with van der Waals surface area (Å²) < 4.78 is 2.25. The Labute approximate surface area is 126 Å². The summed E-state index contributed by atoms with van der Waals surface area (Å²) in [7, 11) is 0. The molecule has 20 heavy (non-hydrogen) atoms. The lowest BCUT2D eigenvalue weighted by molar-refractivity contribution is 0.168. The molecule has 2 rings (SSSR count). The van der Waals surface area contributed by atoms with Gasteiger partial charge >= 0.3 is 0 Å². The SMILES string of the molecule is CC(C)N(CCn1c(CCl)nc2ccccc21)C(C)C. The molecule has 0 aliphatic carbocycles. The smallest absolute Gasteiger partial charge is 0.124 e. The number of alkyl halides is 1. The maximum absolute atomic E-state index is 6.05. The third kappa shape index (κ3) is 3.15. The van der Waals surface area contributed by atoms with E-state index in [4.69, 9.17) is 11.6 Å². The Bertz CT molecular complexity index is 552. The van der Waals surface area contributed by atoms with Crippen LogP contribution in [-0.4, -0.2) is 33.1 Å². The lowest BCUT2D eigenvalue weighted by Gasteiger charge is -2.30. The Kier molecular flexibility index (Phi) is 5.06. The Balaban J connectivity index is 2.24. The maximum Gasteiger partial charge on any atom is 0.124 e. The van der Waals surface area contributed by atoms with Crippen molar-refractivity contribution in [3.8, 4) is 0 Å². The van der Waals surface area contributed by atoms with Crippen LogP contribution in [0.2, 0.25) is 0 Å². The van der Waals surface area contributed by atoms with Gasteiger partial charge in [0.05, 0.1) is 16.9 Å². The number of imidazole rings is 1. The van der Waals surface area contributed by atoms with Crippen LogP contribution in [0.15, 0.2) is 24.3 Å². The van der Waals surface area contributed by atoms with Crippen LogP contribution in [0.1, 0.15) is 33.5 Å². The first-order valence-electron chi connectivity index (χ1n) is 7.30. The highest BCUT2D eigenvalue weighted by Crippen LogP contribution is 2.18. The number of halogens is 1. The van der Waals surface area contributed by atoms with E-state index in [9.17, 15) is 0 Å². The van der Waals surface area contributed by atoms with E-state index in [1.54, 1.807) is 0 Å². The zero-order chi connectivity index (χ0) is 14.7. The summed E-state index contributed by atoms with van der Waals surface area (Å²) in [6.07, 6.45) is 0. The molecule has 4 heteroatoms. The number of benzene rings is 1. The number of rotatable bonds is 6. The summed E-state index contributed by atoms with van der Waals surface area (Å²) in [4.78, 5) is 7.10. The average Bonchev–Trinajstić information content (AvgIpc) is 2.76. The van der Waals surface area contributed by atoms with Gasteiger partial charge in [0.25, 0.3) is 0 Å². The van der Waals surface area contributed by atoms with Crippen LogP contribution in [0.5, 0.6) is 0 Å². The third-order valence-corrected chi connectivity index (χ3v) is 4.00. The fourth-order valence-electron chi connectivity index (χ4n) is 2.81. The van der Waals surface area contributed by atoms with Gasteiger partial charge < -0.3 is 4.57 Å². The van der Waals surface area contributed by atoms with Gasteiger partial charge in [-0.1, -0.05) is 12.1 Å². The van der Waals surface area contributed by atoms with Gasteiger partial charge in [0.1, 0.15) is 5.82 Å². The summed E-state index contributed by atoms with van der Waals surface area (Å²) in [6.45, 7) is 10.9. The van der Waals surface area contributed by atoms with Gasteiger partial charge in [0, 0.05) is 25.2 Å². The van der Waals surface area contributed by atoms with Gasteiger partial charge in [-0.15, -0.1) is 11.6 Å². The second-order valence-electron chi connectivity index (χ2n) is 5.73. The van der Waals surface area contributed by atoms with E-state index in [-0.39, 0.29) is 0 Å². The standard InChI is InChI=1S/C16H24ClN3/c1-12(2)19(13(3)4)9-10-20-15-8-6-5-7-14(15)18-16(20)11-17/h5-8,12-13H,9-11H2,1-4H3. The van der Waals surface area contributed by atoms with E-state index in [1.165, 1.54) is 5.52 Å². The topological polar surface area (TPSA) is 21.1 Å². The molecule has 0 saturated carbocycles. The zero-order valence-corrected chi connectivity index (χ0v) is 13.6. The molecular formula is C16H24ClN3. The van der Waals surface area contributed by atoms with Gasteiger partial charge in [0.2, 0.25) is 0 Å². The van der Waals surface area contributed by atoms with E-state index in [1.807, 2.05) is 12.1 Å². The van der Waals surface area contributed by atoms with Crippen LogP contribution in [-0.2, 0) is 12.4 Å². The molecule has 110 valence electrons. The molecule has 0 amide bonds. The Hall–Kier alpha value is -1.06. The van der Waals surface area contributed by atoms with E-state index in [0.29, 0.717) is 18.0 Å². The normalized spacial score (nSPS) is 12.2. The van der Waals surface area contributed by atoms with Gasteiger partial charge in [-0.2, -0.15) is 0 Å². The fourth-order valence-corrected chi connectivity index (χ4v) is 3.01. The minimum atomic E-state index is 0.456. The zero-order valence-electron chi connectivity index (χ0n) is 12.8. The van der Waals surface area contributed by atoms with Crippen molar-refractivity contribution in [1.82, 2.24) is 14.5 Å². The highest BCUT2D eigenvalue weighted by atomic mass is 35.5. The predicted octanol–water partition coefficient (Wildman–Crippen LogP) is 3.89. The largest absolute Gasteiger partial charge is 0.326 e. The van der Waals surface area contributed by atoms with Crippen molar-refractivity contribution >= 4 is 22.6 Å². The number of aromatic nitrogens is 2. The van der Waals surface area contributed by atoms with E-state index < -0.39 is 0 Å². The molecule has 2 aromatic rings. The number of nitrogens with zero attached hydrogens (tertiary/aromatic N) is 3. The molecule has 3 nitrogen and oxygen atoms in total. The molecule has 0 unspecified atom stereocenters. The van der Waals surface area contributed by atoms with Gasteiger partial charge in [-0.05, 0) is 39.8 Å². The van der Waals surface area contributed by atoms with Crippen LogP contribution in [0.4, 0.5) is 0 Å². The Morgan fingerprint density at radius 1 is 1.15 bits per heavy atom. The molecule has 0 aliphatic rings. The Morgan fingerprint density at radius 3 is 2.40 bits per heavy atom. The second kappa shape index (κ2) is 6.59. The molecule has 0 fully saturated rings. The van der Waals surface area contributed by atoms with Crippen LogP contribution >= 0.6 is 11.6 Å². The van der Waals surface area contributed by atoms with Gasteiger partial charge in [-0.25, -0.2) is 4.98 Å². The minimum Gasteiger partial charge on any atom is -0.326 e. The quantitative estimate of drug-likeness (QED) is 0.753. The first-order valence-corrected chi connectivity index (χ1v) is 7.84. The number of para-hydroxylation sites is 2. The average molecular weight is 294 g/mol. The summed E-state index contributed by atoms with van der Waals surface area (Å²) in [5.41, 5.74) is 2.21. The monoisotopic (exact) mass is 293 g/mol. The summed E-state index contributed by atoms with van der Waals surface area (Å²) in [5.74, 6) is 1.42. The highest BCUT2D eigenvalue weighted by molar-refractivity contribution is 6.16. The molecular weight excluding hydrogens is 270 g/mol. The lowest BCUT2D eigenvalue weighted by Crippen LogP contribution is -2.39.